The maximum atomic E-state index is 12.9. The molecule has 4 nitrogen and oxygen atoms in total. The number of rotatable bonds is 2. The van der Waals surface area contributed by atoms with Crippen molar-refractivity contribution in [3.63, 3.8) is 0 Å². The first-order chi connectivity index (χ1) is 9.87. The zero-order valence-electron chi connectivity index (χ0n) is 11.6. The number of carbonyl (C=O) groups excluding carboxylic acids is 1. The summed E-state index contributed by atoms with van der Waals surface area (Å²) < 4.78 is 44.0. The predicted molar refractivity (Wildman–Crippen MR) is 70.8 cm³/mol. The van der Waals surface area contributed by atoms with Gasteiger partial charge in [-0.3, -0.25) is 0 Å². The Bertz CT molecular complexity index is 511. The Hall–Kier alpha value is -1.76. The molecule has 2 rings (SSSR count). The van der Waals surface area contributed by atoms with Crippen LogP contribution in [0.3, 0.4) is 0 Å². The molecule has 0 bridgehead atoms. The van der Waals surface area contributed by atoms with Crippen molar-refractivity contribution in [3.8, 4) is 0 Å². The van der Waals surface area contributed by atoms with E-state index in [9.17, 15) is 18.0 Å². The molecule has 1 aromatic carbocycles. The number of hydrogen-bond acceptors (Lipinski definition) is 3. The van der Waals surface area contributed by atoms with Crippen LogP contribution in [0, 0.1) is 0 Å². The number of hydrogen-bond donors (Lipinski definition) is 2. The smallest absolute Gasteiger partial charge is 0.416 e. The van der Waals surface area contributed by atoms with E-state index in [4.69, 9.17) is 4.74 Å². The third-order valence-corrected chi connectivity index (χ3v) is 3.62. The zero-order valence-corrected chi connectivity index (χ0v) is 11.6. The van der Waals surface area contributed by atoms with Crippen molar-refractivity contribution in [1.82, 2.24) is 10.6 Å². The van der Waals surface area contributed by atoms with E-state index in [1.165, 1.54) is 13.1 Å². The van der Waals surface area contributed by atoms with Gasteiger partial charge in [0, 0.05) is 19.9 Å². The van der Waals surface area contributed by atoms with Crippen LogP contribution in [0.2, 0.25) is 0 Å². The van der Waals surface area contributed by atoms with Gasteiger partial charge in [-0.1, -0.05) is 12.1 Å². The highest BCUT2D eigenvalue weighted by Crippen LogP contribution is 2.38. The Morgan fingerprint density at radius 3 is 2.57 bits per heavy atom. The molecule has 0 radical (unpaired) electrons. The van der Waals surface area contributed by atoms with Gasteiger partial charge in [-0.25, -0.2) is 4.79 Å². The third-order valence-electron chi connectivity index (χ3n) is 3.62. The topological polar surface area (TPSA) is 50.4 Å². The lowest BCUT2D eigenvalue weighted by molar-refractivity contribution is -0.137. The Kier molecular flexibility index (Phi) is 4.41. The fraction of sp³-hybridized carbons (Fsp3) is 0.500. The molecule has 116 valence electrons. The van der Waals surface area contributed by atoms with E-state index in [0.717, 1.165) is 12.1 Å². The number of carbonyl (C=O) groups is 1. The molecule has 1 amide bonds. The van der Waals surface area contributed by atoms with Gasteiger partial charge < -0.3 is 15.4 Å². The summed E-state index contributed by atoms with van der Waals surface area (Å²) in [5, 5.41) is 5.46. The normalized spacial score (nSPS) is 18.1. The molecule has 0 spiro atoms. The second-order valence-electron chi connectivity index (χ2n) is 4.96. The van der Waals surface area contributed by atoms with Gasteiger partial charge in [-0.05, 0) is 30.8 Å². The maximum absolute atomic E-state index is 12.9. The molecule has 1 aromatic rings. The van der Waals surface area contributed by atoms with E-state index in [0.29, 0.717) is 31.5 Å². The van der Waals surface area contributed by atoms with Gasteiger partial charge in [0.2, 0.25) is 0 Å². The van der Waals surface area contributed by atoms with E-state index in [1.807, 2.05) is 0 Å². The minimum atomic E-state index is -4.42. The molecule has 1 aliphatic rings. The Labute approximate surface area is 120 Å². The number of alkyl halides is 3. The highest BCUT2D eigenvalue weighted by Gasteiger charge is 2.39. The first-order valence-corrected chi connectivity index (χ1v) is 6.66. The summed E-state index contributed by atoms with van der Waals surface area (Å²) in [4.78, 5) is 11.6. The molecule has 0 aromatic heterocycles. The van der Waals surface area contributed by atoms with Crippen LogP contribution < -0.4 is 10.6 Å². The predicted octanol–water partition coefficient (Wildman–Crippen LogP) is 2.64. The molecule has 1 heterocycles. The molecule has 0 atom stereocenters. The Morgan fingerprint density at radius 1 is 1.33 bits per heavy atom. The SMILES string of the molecule is CNC(=O)OC1(c2cccc(C(F)(F)F)c2)CCNCC1. The lowest BCUT2D eigenvalue weighted by Crippen LogP contribution is -2.44. The molecule has 1 aliphatic heterocycles. The summed E-state index contributed by atoms with van der Waals surface area (Å²) in [6.07, 6.45) is -4.20. The summed E-state index contributed by atoms with van der Waals surface area (Å²) in [5.74, 6) is 0. The molecule has 21 heavy (non-hydrogen) atoms. The lowest BCUT2D eigenvalue weighted by Gasteiger charge is -2.37. The number of benzene rings is 1. The van der Waals surface area contributed by atoms with Crippen molar-refractivity contribution in [1.29, 1.82) is 0 Å². The first kappa shape index (κ1) is 15.6. The number of halogens is 3. The van der Waals surface area contributed by atoms with Gasteiger partial charge in [0.1, 0.15) is 5.60 Å². The van der Waals surface area contributed by atoms with Crippen LogP contribution in [-0.4, -0.2) is 26.2 Å². The fourth-order valence-corrected chi connectivity index (χ4v) is 2.49. The summed E-state index contributed by atoms with van der Waals surface area (Å²) in [6.45, 7) is 1.15. The second kappa shape index (κ2) is 5.93. The number of amides is 1. The van der Waals surface area contributed by atoms with Crippen molar-refractivity contribution in [3.05, 3.63) is 35.4 Å². The molecule has 2 N–H and O–H groups in total. The molecular formula is C14H17F3N2O2. The average Bonchev–Trinajstić information content (AvgIpc) is 2.47. The van der Waals surface area contributed by atoms with Crippen LogP contribution in [0.1, 0.15) is 24.0 Å². The minimum Gasteiger partial charge on any atom is -0.438 e. The molecule has 1 saturated heterocycles. The van der Waals surface area contributed by atoms with Crippen molar-refractivity contribution in [2.75, 3.05) is 20.1 Å². The molecule has 7 heteroatoms. The van der Waals surface area contributed by atoms with Crippen molar-refractivity contribution in [2.45, 2.75) is 24.6 Å². The van der Waals surface area contributed by atoms with Crippen molar-refractivity contribution in [2.24, 2.45) is 0 Å². The number of ether oxygens (including phenoxy) is 1. The Morgan fingerprint density at radius 2 is 2.00 bits per heavy atom. The first-order valence-electron chi connectivity index (χ1n) is 6.66. The maximum Gasteiger partial charge on any atom is 0.416 e. The van der Waals surface area contributed by atoms with Crippen LogP contribution in [0.5, 0.6) is 0 Å². The lowest BCUT2D eigenvalue weighted by atomic mass is 9.84. The summed E-state index contributed by atoms with van der Waals surface area (Å²) in [7, 11) is 1.42. The van der Waals surface area contributed by atoms with E-state index >= 15 is 0 Å². The number of alkyl carbamates (subject to hydrolysis) is 1. The monoisotopic (exact) mass is 302 g/mol. The van der Waals surface area contributed by atoms with Crippen LogP contribution >= 0.6 is 0 Å². The van der Waals surface area contributed by atoms with Gasteiger partial charge in [-0.2, -0.15) is 13.2 Å². The van der Waals surface area contributed by atoms with Crippen LogP contribution in [0.25, 0.3) is 0 Å². The highest BCUT2D eigenvalue weighted by atomic mass is 19.4. The van der Waals surface area contributed by atoms with Crippen LogP contribution in [0.4, 0.5) is 18.0 Å². The molecule has 0 unspecified atom stereocenters. The molecule has 0 aliphatic carbocycles. The van der Waals surface area contributed by atoms with Gasteiger partial charge >= 0.3 is 12.3 Å². The van der Waals surface area contributed by atoms with E-state index in [2.05, 4.69) is 10.6 Å². The van der Waals surface area contributed by atoms with Crippen molar-refractivity contribution < 1.29 is 22.7 Å². The summed E-state index contributed by atoms with van der Waals surface area (Å²) in [5.41, 5.74) is -1.38. The summed E-state index contributed by atoms with van der Waals surface area (Å²) in [6, 6.07) is 4.99. The number of nitrogens with one attached hydrogen (secondary N) is 2. The Balaban J connectivity index is 2.39. The second-order valence-corrected chi connectivity index (χ2v) is 4.96. The third kappa shape index (κ3) is 3.47. The van der Waals surface area contributed by atoms with Gasteiger partial charge in [0.15, 0.2) is 0 Å². The largest absolute Gasteiger partial charge is 0.438 e. The molecule has 1 fully saturated rings. The molecular weight excluding hydrogens is 285 g/mol. The van der Waals surface area contributed by atoms with E-state index in [1.54, 1.807) is 6.07 Å². The minimum absolute atomic E-state index is 0.377. The number of piperidine rings is 1. The van der Waals surface area contributed by atoms with Crippen molar-refractivity contribution >= 4 is 6.09 Å². The van der Waals surface area contributed by atoms with Crippen LogP contribution in [0.15, 0.2) is 24.3 Å². The molecule has 0 saturated carbocycles. The van der Waals surface area contributed by atoms with Gasteiger partial charge in [0.25, 0.3) is 0 Å². The van der Waals surface area contributed by atoms with Gasteiger partial charge in [0.05, 0.1) is 5.56 Å². The fourth-order valence-electron chi connectivity index (χ4n) is 2.49. The van der Waals surface area contributed by atoms with Crippen LogP contribution in [-0.2, 0) is 16.5 Å². The zero-order chi connectivity index (χ0) is 15.5. The average molecular weight is 302 g/mol. The quantitative estimate of drug-likeness (QED) is 0.883. The standard InChI is InChI=1S/C14H17F3N2O2/c1-18-12(20)21-13(5-7-19-8-6-13)10-3-2-4-11(9-10)14(15,16)17/h2-4,9,19H,5-8H2,1H3,(H,18,20). The van der Waals surface area contributed by atoms with E-state index in [-0.39, 0.29) is 0 Å². The highest BCUT2D eigenvalue weighted by molar-refractivity contribution is 5.67. The van der Waals surface area contributed by atoms with Gasteiger partial charge in [-0.15, -0.1) is 0 Å². The summed E-state index contributed by atoms with van der Waals surface area (Å²) >= 11 is 0. The van der Waals surface area contributed by atoms with E-state index < -0.39 is 23.4 Å².